The first-order valence-electron chi connectivity index (χ1n) is 6.89. The Morgan fingerprint density at radius 2 is 1.91 bits per heavy atom. The van der Waals surface area contributed by atoms with Gasteiger partial charge in [-0.2, -0.15) is 10.4 Å². The second kappa shape index (κ2) is 5.34. The predicted molar refractivity (Wildman–Crippen MR) is 85.4 cm³/mol. The number of rotatable bonds is 2. The van der Waals surface area contributed by atoms with Crippen LogP contribution in [-0.4, -0.2) is 14.8 Å². The molecule has 0 bridgehead atoms. The quantitative estimate of drug-likeness (QED) is 0.735. The molecule has 0 unspecified atom stereocenters. The van der Waals surface area contributed by atoms with Crippen LogP contribution in [0.15, 0.2) is 42.5 Å². The fourth-order valence-corrected chi connectivity index (χ4v) is 2.34. The van der Waals surface area contributed by atoms with Crippen molar-refractivity contribution in [2.24, 2.45) is 0 Å². The number of benzene rings is 1. The normalized spacial score (nSPS) is 10.4. The van der Waals surface area contributed by atoms with Crippen LogP contribution in [0.2, 0.25) is 0 Å². The SMILES string of the molecule is Cc1cccc(-n2nc(C)cc2-c2ccc(N)c(C#N)c2)n1. The number of aryl methyl sites for hydroxylation is 2. The summed E-state index contributed by atoms with van der Waals surface area (Å²) in [6.45, 7) is 3.87. The summed E-state index contributed by atoms with van der Waals surface area (Å²) in [5.74, 6) is 0.749. The minimum absolute atomic E-state index is 0.458. The molecule has 0 aliphatic rings. The highest BCUT2D eigenvalue weighted by Crippen LogP contribution is 2.26. The predicted octanol–water partition coefficient (Wildman–Crippen LogP) is 3.01. The third-order valence-corrected chi connectivity index (χ3v) is 3.39. The molecule has 2 aromatic heterocycles. The first-order chi connectivity index (χ1) is 10.6. The molecule has 0 fully saturated rings. The van der Waals surface area contributed by atoms with Crippen LogP contribution < -0.4 is 5.73 Å². The number of nitrogens with zero attached hydrogens (tertiary/aromatic N) is 4. The van der Waals surface area contributed by atoms with Crippen LogP contribution in [0, 0.1) is 25.2 Å². The van der Waals surface area contributed by atoms with Crippen LogP contribution in [-0.2, 0) is 0 Å². The van der Waals surface area contributed by atoms with Gasteiger partial charge in [0, 0.05) is 16.9 Å². The fraction of sp³-hybridized carbons (Fsp3) is 0.118. The summed E-state index contributed by atoms with van der Waals surface area (Å²) in [5, 5.41) is 13.7. The summed E-state index contributed by atoms with van der Waals surface area (Å²) in [7, 11) is 0. The van der Waals surface area contributed by atoms with E-state index >= 15 is 0 Å². The molecule has 22 heavy (non-hydrogen) atoms. The lowest BCUT2D eigenvalue weighted by Crippen LogP contribution is -2.03. The Labute approximate surface area is 128 Å². The molecule has 0 aliphatic heterocycles. The number of pyridine rings is 1. The fourth-order valence-electron chi connectivity index (χ4n) is 2.34. The molecule has 0 spiro atoms. The number of nitrogen functional groups attached to an aromatic ring is 1. The molecule has 5 heteroatoms. The molecule has 0 aliphatic carbocycles. The Kier molecular flexibility index (Phi) is 3.36. The molecule has 5 nitrogen and oxygen atoms in total. The van der Waals surface area contributed by atoms with Crippen molar-refractivity contribution in [3.63, 3.8) is 0 Å². The van der Waals surface area contributed by atoms with Crippen LogP contribution in [0.1, 0.15) is 17.0 Å². The lowest BCUT2D eigenvalue weighted by Gasteiger charge is -2.08. The second-order valence-electron chi connectivity index (χ2n) is 5.13. The van der Waals surface area contributed by atoms with Gasteiger partial charge in [0.25, 0.3) is 0 Å². The average Bonchev–Trinajstić information content (AvgIpc) is 2.90. The van der Waals surface area contributed by atoms with Gasteiger partial charge in [-0.05, 0) is 44.2 Å². The summed E-state index contributed by atoms with van der Waals surface area (Å²) in [4.78, 5) is 4.51. The molecule has 2 heterocycles. The summed E-state index contributed by atoms with van der Waals surface area (Å²) in [6.07, 6.45) is 0. The van der Waals surface area contributed by atoms with E-state index in [0.717, 1.165) is 28.5 Å². The molecule has 108 valence electrons. The van der Waals surface area contributed by atoms with Crippen LogP contribution in [0.3, 0.4) is 0 Å². The Morgan fingerprint density at radius 3 is 2.64 bits per heavy atom. The van der Waals surface area contributed by atoms with E-state index in [4.69, 9.17) is 11.0 Å². The molecule has 3 rings (SSSR count). The van der Waals surface area contributed by atoms with E-state index in [9.17, 15) is 0 Å². The largest absolute Gasteiger partial charge is 0.398 e. The van der Waals surface area contributed by atoms with Gasteiger partial charge in [-0.25, -0.2) is 9.67 Å². The Hall–Kier alpha value is -3.13. The maximum atomic E-state index is 9.15. The van der Waals surface area contributed by atoms with Crippen LogP contribution >= 0.6 is 0 Å². The van der Waals surface area contributed by atoms with Gasteiger partial charge in [-0.1, -0.05) is 12.1 Å². The zero-order valence-electron chi connectivity index (χ0n) is 12.4. The van der Waals surface area contributed by atoms with E-state index in [-0.39, 0.29) is 0 Å². The number of hydrogen-bond donors (Lipinski definition) is 1. The van der Waals surface area contributed by atoms with Gasteiger partial charge >= 0.3 is 0 Å². The lowest BCUT2D eigenvalue weighted by atomic mass is 10.1. The third kappa shape index (κ3) is 2.42. The van der Waals surface area contributed by atoms with Crippen LogP contribution in [0.5, 0.6) is 0 Å². The minimum atomic E-state index is 0.458. The standard InChI is InChI=1S/C17H15N5/c1-11-4-3-5-17(20-11)22-16(8-12(2)21-22)13-6-7-15(19)14(9-13)10-18/h3-9H,19H2,1-2H3. The highest BCUT2D eigenvalue weighted by Gasteiger charge is 2.12. The molecule has 0 saturated heterocycles. The first-order valence-corrected chi connectivity index (χ1v) is 6.89. The topological polar surface area (TPSA) is 80.5 Å². The van der Waals surface area contributed by atoms with Gasteiger partial charge in [-0.3, -0.25) is 0 Å². The van der Waals surface area contributed by atoms with Gasteiger partial charge in [0.15, 0.2) is 5.82 Å². The van der Waals surface area contributed by atoms with Crippen molar-refractivity contribution in [2.45, 2.75) is 13.8 Å². The second-order valence-corrected chi connectivity index (χ2v) is 5.13. The highest BCUT2D eigenvalue weighted by atomic mass is 15.3. The summed E-state index contributed by atoms with van der Waals surface area (Å²) < 4.78 is 1.79. The minimum Gasteiger partial charge on any atom is -0.398 e. The molecule has 0 amide bonds. The van der Waals surface area contributed by atoms with Gasteiger partial charge in [0.2, 0.25) is 0 Å². The van der Waals surface area contributed by atoms with Gasteiger partial charge in [-0.15, -0.1) is 0 Å². The lowest BCUT2D eigenvalue weighted by molar-refractivity contribution is 0.833. The van der Waals surface area contributed by atoms with E-state index in [1.807, 2.05) is 44.2 Å². The van der Waals surface area contributed by atoms with E-state index in [2.05, 4.69) is 16.2 Å². The first kappa shape index (κ1) is 13.8. The van der Waals surface area contributed by atoms with E-state index in [1.165, 1.54) is 0 Å². The zero-order chi connectivity index (χ0) is 15.7. The van der Waals surface area contributed by atoms with E-state index in [0.29, 0.717) is 11.3 Å². The Bertz CT molecular complexity index is 886. The molecule has 1 aromatic carbocycles. The monoisotopic (exact) mass is 289 g/mol. The molecule has 2 N–H and O–H groups in total. The third-order valence-electron chi connectivity index (χ3n) is 3.39. The average molecular weight is 289 g/mol. The van der Waals surface area contributed by atoms with E-state index in [1.54, 1.807) is 16.8 Å². The summed E-state index contributed by atoms with van der Waals surface area (Å²) in [6, 6.07) is 15.3. The van der Waals surface area contributed by atoms with Crippen molar-refractivity contribution in [3.8, 4) is 23.1 Å². The number of hydrogen-bond acceptors (Lipinski definition) is 4. The van der Waals surface area contributed by atoms with Crippen LogP contribution in [0.25, 0.3) is 17.1 Å². The van der Waals surface area contributed by atoms with Crippen molar-refractivity contribution in [2.75, 3.05) is 5.73 Å². The Morgan fingerprint density at radius 1 is 1.09 bits per heavy atom. The van der Waals surface area contributed by atoms with Gasteiger partial charge < -0.3 is 5.73 Å². The van der Waals surface area contributed by atoms with Crippen molar-refractivity contribution >= 4 is 5.69 Å². The summed E-state index contributed by atoms with van der Waals surface area (Å²) in [5.41, 5.74) is 10.3. The number of aromatic nitrogens is 3. The molecule has 0 atom stereocenters. The van der Waals surface area contributed by atoms with Crippen LogP contribution in [0.4, 0.5) is 5.69 Å². The Balaban J connectivity index is 2.19. The van der Waals surface area contributed by atoms with Gasteiger partial charge in [0.05, 0.1) is 17.0 Å². The molecule has 0 radical (unpaired) electrons. The highest BCUT2D eigenvalue weighted by molar-refractivity contribution is 5.69. The molecular weight excluding hydrogens is 274 g/mol. The van der Waals surface area contributed by atoms with Crippen molar-refractivity contribution in [3.05, 3.63) is 59.4 Å². The van der Waals surface area contributed by atoms with Crippen molar-refractivity contribution in [1.82, 2.24) is 14.8 Å². The maximum Gasteiger partial charge on any atom is 0.154 e. The molecular formula is C17H15N5. The maximum absolute atomic E-state index is 9.15. The number of nitrogens with two attached hydrogens (primary N) is 1. The number of anilines is 1. The molecule has 0 saturated carbocycles. The zero-order valence-corrected chi connectivity index (χ0v) is 12.4. The van der Waals surface area contributed by atoms with Crippen molar-refractivity contribution < 1.29 is 0 Å². The summed E-state index contributed by atoms with van der Waals surface area (Å²) >= 11 is 0. The molecule has 3 aromatic rings. The van der Waals surface area contributed by atoms with Crippen molar-refractivity contribution in [1.29, 1.82) is 5.26 Å². The van der Waals surface area contributed by atoms with E-state index < -0.39 is 0 Å². The number of nitriles is 1. The smallest absolute Gasteiger partial charge is 0.154 e. The van der Waals surface area contributed by atoms with Gasteiger partial charge in [0.1, 0.15) is 6.07 Å².